The maximum atomic E-state index is 10.9. The van der Waals surface area contributed by atoms with E-state index in [1.807, 2.05) is 18.2 Å². The first kappa shape index (κ1) is 15.4. The lowest BCUT2D eigenvalue weighted by atomic mass is 10.2. The standard InChI is InChI=1S/C14H18Cl2N2O2/c1-20-14-8-11(2-3-13(14)16)17-4-6-18(7-5-17)12(9-15)10-19/h2-3,8,10,12H,4-7,9H2,1H3. The Morgan fingerprint density at radius 2 is 2.05 bits per heavy atom. The van der Waals surface area contributed by atoms with Crippen molar-refractivity contribution in [1.29, 1.82) is 0 Å². The van der Waals surface area contributed by atoms with Crippen molar-refractivity contribution in [3.05, 3.63) is 23.2 Å². The molecule has 110 valence electrons. The number of ether oxygens (including phenoxy) is 1. The van der Waals surface area contributed by atoms with Crippen molar-refractivity contribution in [1.82, 2.24) is 4.90 Å². The number of benzene rings is 1. The van der Waals surface area contributed by atoms with Crippen LogP contribution in [-0.2, 0) is 4.79 Å². The molecule has 1 fully saturated rings. The zero-order valence-corrected chi connectivity index (χ0v) is 12.9. The van der Waals surface area contributed by atoms with Crippen LogP contribution < -0.4 is 9.64 Å². The van der Waals surface area contributed by atoms with Gasteiger partial charge in [0.05, 0.1) is 18.2 Å². The third-order valence-corrected chi connectivity index (χ3v) is 4.23. The first-order chi connectivity index (χ1) is 9.69. The van der Waals surface area contributed by atoms with Crippen LogP contribution in [0.15, 0.2) is 18.2 Å². The SMILES string of the molecule is COc1cc(N2CCN(C(C=O)CCl)CC2)ccc1Cl. The number of aldehydes is 1. The van der Waals surface area contributed by atoms with Gasteiger partial charge in [0.1, 0.15) is 12.0 Å². The number of piperazine rings is 1. The van der Waals surface area contributed by atoms with Gasteiger partial charge in [-0.1, -0.05) is 11.6 Å². The summed E-state index contributed by atoms with van der Waals surface area (Å²) < 4.78 is 5.24. The first-order valence-electron chi connectivity index (χ1n) is 6.53. The van der Waals surface area contributed by atoms with E-state index >= 15 is 0 Å². The van der Waals surface area contributed by atoms with Crippen molar-refractivity contribution >= 4 is 35.2 Å². The van der Waals surface area contributed by atoms with Crippen LogP contribution in [0.5, 0.6) is 5.75 Å². The highest BCUT2D eigenvalue weighted by molar-refractivity contribution is 6.32. The van der Waals surface area contributed by atoms with Gasteiger partial charge in [-0.25, -0.2) is 0 Å². The summed E-state index contributed by atoms with van der Waals surface area (Å²) in [4.78, 5) is 15.3. The molecule has 0 saturated carbocycles. The average molecular weight is 317 g/mol. The molecular weight excluding hydrogens is 299 g/mol. The molecule has 0 spiro atoms. The predicted octanol–water partition coefficient (Wildman–Crippen LogP) is 2.28. The Kier molecular flexibility index (Phi) is 5.52. The maximum absolute atomic E-state index is 10.9. The summed E-state index contributed by atoms with van der Waals surface area (Å²) in [5, 5.41) is 0.609. The number of hydrogen-bond acceptors (Lipinski definition) is 4. The van der Waals surface area contributed by atoms with E-state index in [0.29, 0.717) is 16.7 Å². The summed E-state index contributed by atoms with van der Waals surface area (Å²) in [7, 11) is 1.61. The third-order valence-electron chi connectivity index (χ3n) is 3.60. The van der Waals surface area contributed by atoms with E-state index in [2.05, 4.69) is 9.80 Å². The van der Waals surface area contributed by atoms with Crippen molar-refractivity contribution in [3.8, 4) is 5.75 Å². The topological polar surface area (TPSA) is 32.8 Å². The van der Waals surface area contributed by atoms with Crippen LogP contribution in [0.1, 0.15) is 0 Å². The molecule has 1 aliphatic heterocycles. The molecule has 1 atom stereocenters. The zero-order valence-electron chi connectivity index (χ0n) is 11.4. The van der Waals surface area contributed by atoms with E-state index in [0.717, 1.165) is 38.2 Å². The van der Waals surface area contributed by atoms with Gasteiger partial charge in [-0.3, -0.25) is 4.90 Å². The normalized spacial score (nSPS) is 17.9. The highest BCUT2D eigenvalue weighted by Gasteiger charge is 2.23. The molecule has 6 heteroatoms. The zero-order chi connectivity index (χ0) is 14.5. The number of nitrogens with zero attached hydrogens (tertiary/aromatic N) is 2. The Labute approximate surface area is 129 Å². The van der Waals surface area contributed by atoms with Crippen molar-refractivity contribution in [2.24, 2.45) is 0 Å². The molecule has 0 amide bonds. The van der Waals surface area contributed by atoms with E-state index < -0.39 is 0 Å². The average Bonchev–Trinajstić information content (AvgIpc) is 2.50. The molecule has 2 rings (SSSR count). The van der Waals surface area contributed by atoms with Gasteiger partial charge in [0.15, 0.2) is 0 Å². The molecule has 1 heterocycles. The van der Waals surface area contributed by atoms with Gasteiger partial charge < -0.3 is 14.4 Å². The number of alkyl halides is 1. The molecule has 1 saturated heterocycles. The number of hydrogen-bond donors (Lipinski definition) is 0. The number of carbonyl (C=O) groups excluding carboxylic acids is 1. The van der Waals surface area contributed by atoms with Gasteiger partial charge >= 0.3 is 0 Å². The van der Waals surface area contributed by atoms with Crippen molar-refractivity contribution in [2.75, 3.05) is 44.1 Å². The number of carbonyl (C=O) groups is 1. The van der Waals surface area contributed by atoms with Crippen LogP contribution in [-0.4, -0.2) is 56.4 Å². The van der Waals surface area contributed by atoms with Gasteiger partial charge in [0.2, 0.25) is 0 Å². The van der Waals surface area contributed by atoms with Gasteiger partial charge in [-0.2, -0.15) is 0 Å². The number of methoxy groups -OCH3 is 1. The molecule has 4 nitrogen and oxygen atoms in total. The molecule has 0 aromatic heterocycles. The van der Waals surface area contributed by atoms with Gasteiger partial charge in [0, 0.05) is 43.8 Å². The maximum Gasteiger partial charge on any atom is 0.139 e. The minimum atomic E-state index is -0.182. The Morgan fingerprint density at radius 3 is 2.60 bits per heavy atom. The fraction of sp³-hybridized carbons (Fsp3) is 0.500. The summed E-state index contributed by atoms with van der Waals surface area (Å²) in [6, 6.07) is 5.59. The van der Waals surface area contributed by atoms with Crippen LogP contribution in [0.3, 0.4) is 0 Å². The van der Waals surface area contributed by atoms with Gasteiger partial charge in [-0.15, -0.1) is 11.6 Å². The number of rotatable bonds is 5. The van der Waals surface area contributed by atoms with Crippen LogP contribution in [0, 0.1) is 0 Å². The molecule has 0 radical (unpaired) electrons. The Balaban J connectivity index is 2.01. The summed E-state index contributed by atoms with van der Waals surface area (Å²) in [6.07, 6.45) is 0.925. The minimum absolute atomic E-state index is 0.182. The lowest BCUT2D eigenvalue weighted by Crippen LogP contribution is -2.51. The number of anilines is 1. The highest BCUT2D eigenvalue weighted by Crippen LogP contribution is 2.29. The molecule has 20 heavy (non-hydrogen) atoms. The van der Waals surface area contributed by atoms with Gasteiger partial charge in [0.25, 0.3) is 0 Å². The fourth-order valence-electron chi connectivity index (χ4n) is 2.38. The van der Waals surface area contributed by atoms with Gasteiger partial charge in [-0.05, 0) is 12.1 Å². The van der Waals surface area contributed by atoms with E-state index in [1.54, 1.807) is 7.11 Å². The predicted molar refractivity (Wildman–Crippen MR) is 82.4 cm³/mol. The molecule has 1 aromatic carbocycles. The van der Waals surface area contributed by atoms with Crippen molar-refractivity contribution in [2.45, 2.75) is 6.04 Å². The highest BCUT2D eigenvalue weighted by atomic mass is 35.5. The first-order valence-corrected chi connectivity index (χ1v) is 7.44. The van der Waals surface area contributed by atoms with Crippen molar-refractivity contribution < 1.29 is 9.53 Å². The van der Waals surface area contributed by atoms with Crippen LogP contribution in [0.25, 0.3) is 0 Å². The second-order valence-electron chi connectivity index (χ2n) is 4.70. The summed E-state index contributed by atoms with van der Waals surface area (Å²) in [5.74, 6) is 1.02. The second kappa shape index (κ2) is 7.16. The minimum Gasteiger partial charge on any atom is -0.495 e. The van der Waals surface area contributed by atoms with Crippen LogP contribution >= 0.6 is 23.2 Å². The van der Waals surface area contributed by atoms with E-state index in [9.17, 15) is 4.79 Å². The quantitative estimate of drug-likeness (QED) is 0.616. The summed E-state index contributed by atoms with van der Waals surface area (Å²) >= 11 is 11.8. The molecule has 1 aromatic rings. The largest absolute Gasteiger partial charge is 0.495 e. The fourth-order valence-corrected chi connectivity index (χ4v) is 2.84. The monoisotopic (exact) mass is 316 g/mol. The molecule has 0 bridgehead atoms. The van der Waals surface area contributed by atoms with E-state index in [1.165, 1.54) is 0 Å². The lowest BCUT2D eigenvalue weighted by molar-refractivity contribution is -0.111. The summed E-state index contributed by atoms with van der Waals surface area (Å²) in [5.41, 5.74) is 1.08. The Hall–Kier alpha value is -0.970. The molecule has 0 N–H and O–H groups in total. The third kappa shape index (κ3) is 3.37. The Morgan fingerprint density at radius 1 is 1.35 bits per heavy atom. The molecule has 1 unspecified atom stereocenters. The molecular formula is C14H18Cl2N2O2. The molecule has 0 aliphatic carbocycles. The van der Waals surface area contributed by atoms with E-state index in [-0.39, 0.29) is 6.04 Å². The molecule has 1 aliphatic rings. The smallest absolute Gasteiger partial charge is 0.139 e. The van der Waals surface area contributed by atoms with Crippen LogP contribution in [0.4, 0.5) is 5.69 Å². The van der Waals surface area contributed by atoms with Crippen molar-refractivity contribution in [3.63, 3.8) is 0 Å². The Bertz CT molecular complexity index is 462. The van der Waals surface area contributed by atoms with E-state index in [4.69, 9.17) is 27.9 Å². The van der Waals surface area contributed by atoms with Crippen LogP contribution in [0.2, 0.25) is 5.02 Å². The number of halogens is 2. The second-order valence-corrected chi connectivity index (χ2v) is 5.42. The summed E-state index contributed by atoms with van der Waals surface area (Å²) in [6.45, 7) is 3.35. The lowest BCUT2D eigenvalue weighted by Gasteiger charge is -2.38.